The van der Waals surface area contributed by atoms with Crippen LogP contribution in [-0.4, -0.2) is 74.0 Å². The van der Waals surface area contributed by atoms with Crippen LogP contribution in [-0.2, 0) is 21.6 Å². The molecule has 0 spiro atoms. The van der Waals surface area contributed by atoms with Crippen molar-refractivity contribution in [1.82, 2.24) is 29.0 Å². The second-order valence-electron chi connectivity index (χ2n) is 10.1. The molecule has 0 aliphatic carbocycles. The number of carbonyl (C=O) groups is 1. The number of likely N-dealkylation sites (tertiary alicyclic amines) is 1. The van der Waals surface area contributed by atoms with E-state index < -0.39 is 28.7 Å². The van der Waals surface area contributed by atoms with E-state index in [2.05, 4.69) is 10.2 Å². The van der Waals surface area contributed by atoms with Crippen LogP contribution in [0.25, 0.3) is 15.2 Å². The van der Waals surface area contributed by atoms with Gasteiger partial charge in [0, 0.05) is 24.7 Å². The number of aliphatic hydroxyl groups is 1. The Labute approximate surface area is 238 Å². The molecule has 5 rings (SSSR count). The minimum atomic E-state index is -1.42. The minimum absolute atomic E-state index is 0.102. The van der Waals surface area contributed by atoms with Crippen LogP contribution in [0, 0.1) is 12.7 Å². The Hall–Kier alpha value is -3.88. The highest BCUT2D eigenvalue weighted by atomic mass is 32.1. The average molecular weight is 587 g/mol. The van der Waals surface area contributed by atoms with Crippen molar-refractivity contribution in [2.45, 2.75) is 44.9 Å². The van der Waals surface area contributed by atoms with Crippen LogP contribution >= 0.6 is 11.3 Å². The number of nitrogens with zero attached hydrogens (tertiary/aromatic N) is 6. The fourth-order valence-corrected chi connectivity index (χ4v) is 6.71. The average Bonchev–Trinajstić information content (AvgIpc) is 3.59. The summed E-state index contributed by atoms with van der Waals surface area (Å²) in [5.74, 6) is -0.550. The second kappa shape index (κ2) is 11.2. The predicted molar refractivity (Wildman–Crippen MR) is 149 cm³/mol. The fraction of sp³-hybridized carbons (Fsp3) is 0.444. The third-order valence-corrected chi connectivity index (χ3v) is 8.82. The Kier molecular flexibility index (Phi) is 7.81. The van der Waals surface area contributed by atoms with Gasteiger partial charge in [0.1, 0.15) is 33.0 Å². The maximum atomic E-state index is 14.4. The summed E-state index contributed by atoms with van der Waals surface area (Å²) in [7, 11) is 3.08. The monoisotopic (exact) mass is 586 g/mol. The molecule has 0 unspecified atom stereocenters. The first-order chi connectivity index (χ1) is 19.6. The molecule has 1 N–H and O–H groups in total. The Bertz CT molecular complexity index is 1710. The molecule has 2 atom stereocenters. The normalized spacial score (nSPS) is 18.3. The second-order valence-corrected chi connectivity index (χ2v) is 11.1. The molecule has 1 aromatic carbocycles. The van der Waals surface area contributed by atoms with Gasteiger partial charge in [-0.15, -0.1) is 4.80 Å². The van der Waals surface area contributed by atoms with Crippen molar-refractivity contribution in [3.05, 3.63) is 68.4 Å². The minimum Gasteiger partial charge on any atom is -0.496 e. The van der Waals surface area contributed by atoms with E-state index in [1.807, 2.05) is 0 Å². The molecule has 1 fully saturated rings. The van der Waals surface area contributed by atoms with Crippen molar-refractivity contribution < 1.29 is 23.8 Å². The van der Waals surface area contributed by atoms with Gasteiger partial charge in [-0.05, 0) is 44.9 Å². The SMILES string of the molecule is COc1ccc(F)cc1[C@H](Cn1c(=O)n([C@@]2(C)CCCN(C)C2=O)c(=O)c2c(C)c(-n3nccn3)sc21)OCCO. The van der Waals surface area contributed by atoms with Gasteiger partial charge in [0.2, 0.25) is 5.91 Å². The van der Waals surface area contributed by atoms with Gasteiger partial charge in [-0.25, -0.2) is 13.8 Å². The standard InChI is InChI=1S/C27H31FN6O6S/c1-16-21-22(36)33(27(2)8-5-11-31(3)25(27)37)26(38)32(24(21)41-23(16)34-29-9-10-30-34)15-20(40-13-12-35)18-14-17(28)6-7-19(18)39-4/h6-7,9-10,14,20,35H,5,8,11-13,15H2,1-4H3/t20-,27-/m0/s1. The highest BCUT2D eigenvalue weighted by molar-refractivity contribution is 7.21. The summed E-state index contributed by atoms with van der Waals surface area (Å²) in [6.07, 6.45) is 2.96. The molecule has 41 heavy (non-hydrogen) atoms. The summed E-state index contributed by atoms with van der Waals surface area (Å²) in [5.41, 5.74) is -1.85. The number of methoxy groups -OCH3 is 1. The summed E-state index contributed by atoms with van der Waals surface area (Å²) >= 11 is 1.15. The van der Waals surface area contributed by atoms with E-state index in [0.717, 1.165) is 15.9 Å². The smallest absolute Gasteiger partial charge is 0.333 e. The zero-order chi connectivity index (χ0) is 29.5. The number of aryl methyl sites for hydroxylation is 1. The zero-order valence-electron chi connectivity index (χ0n) is 23.2. The number of aromatic nitrogens is 5. The van der Waals surface area contributed by atoms with Gasteiger partial charge < -0.3 is 19.5 Å². The number of fused-ring (bicyclic) bond motifs is 1. The molecule has 12 nitrogen and oxygen atoms in total. The van der Waals surface area contributed by atoms with Crippen molar-refractivity contribution >= 4 is 27.5 Å². The lowest BCUT2D eigenvalue weighted by atomic mass is 9.89. The number of likely N-dealkylation sites (N-methyl/N-ethyl adjacent to an activating group) is 1. The Morgan fingerprint density at radius 3 is 2.63 bits per heavy atom. The number of ether oxygens (including phenoxy) is 2. The van der Waals surface area contributed by atoms with Crippen molar-refractivity contribution in [2.24, 2.45) is 0 Å². The molecule has 4 aromatic rings. The van der Waals surface area contributed by atoms with Crippen LogP contribution < -0.4 is 16.0 Å². The number of aliphatic hydroxyl groups excluding tert-OH is 1. The van der Waals surface area contributed by atoms with E-state index in [1.165, 1.54) is 52.0 Å². The summed E-state index contributed by atoms with van der Waals surface area (Å²) < 4.78 is 28.2. The first-order valence-electron chi connectivity index (χ1n) is 13.1. The van der Waals surface area contributed by atoms with E-state index >= 15 is 0 Å². The van der Waals surface area contributed by atoms with E-state index in [4.69, 9.17) is 9.47 Å². The van der Waals surface area contributed by atoms with Crippen LogP contribution in [0.15, 0.2) is 40.2 Å². The molecule has 14 heteroatoms. The first kappa shape index (κ1) is 28.6. The molecule has 1 aliphatic heterocycles. The molecular formula is C27H31FN6O6S. The molecule has 1 amide bonds. The number of rotatable bonds is 9. The number of hydrogen-bond acceptors (Lipinski definition) is 9. The number of amides is 1. The topological polar surface area (TPSA) is 134 Å². The first-order valence-corrected chi connectivity index (χ1v) is 13.9. The summed E-state index contributed by atoms with van der Waals surface area (Å²) in [6.45, 7) is 3.28. The Morgan fingerprint density at radius 2 is 1.95 bits per heavy atom. The lowest BCUT2D eigenvalue weighted by Crippen LogP contribution is -2.59. The van der Waals surface area contributed by atoms with Gasteiger partial charge in [0.25, 0.3) is 5.56 Å². The molecule has 1 saturated heterocycles. The number of piperidine rings is 1. The van der Waals surface area contributed by atoms with Crippen molar-refractivity contribution in [3.63, 3.8) is 0 Å². The molecule has 0 radical (unpaired) electrons. The van der Waals surface area contributed by atoms with Crippen molar-refractivity contribution in [1.29, 1.82) is 0 Å². The third kappa shape index (κ3) is 4.85. The number of halogens is 1. The van der Waals surface area contributed by atoms with E-state index in [-0.39, 0.29) is 31.1 Å². The maximum Gasteiger partial charge on any atom is 0.333 e. The largest absolute Gasteiger partial charge is 0.496 e. The van der Waals surface area contributed by atoms with Crippen LogP contribution in [0.4, 0.5) is 4.39 Å². The maximum absolute atomic E-state index is 14.4. The number of carbonyl (C=O) groups excluding carboxylic acids is 1. The van der Waals surface area contributed by atoms with Gasteiger partial charge in [-0.1, -0.05) is 11.3 Å². The quantitative estimate of drug-likeness (QED) is 0.315. The number of hydrogen-bond donors (Lipinski definition) is 1. The Morgan fingerprint density at radius 1 is 1.22 bits per heavy atom. The fourth-order valence-electron chi connectivity index (χ4n) is 5.49. The molecule has 3 aromatic heterocycles. The lowest BCUT2D eigenvalue weighted by molar-refractivity contribution is -0.142. The molecule has 1 aliphatic rings. The molecule has 0 saturated carbocycles. The van der Waals surface area contributed by atoms with Gasteiger partial charge in [0.05, 0.1) is 44.6 Å². The van der Waals surface area contributed by atoms with Gasteiger partial charge in [-0.2, -0.15) is 10.2 Å². The van der Waals surface area contributed by atoms with E-state index in [1.54, 1.807) is 20.9 Å². The van der Waals surface area contributed by atoms with Gasteiger partial charge in [-0.3, -0.25) is 14.2 Å². The zero-order valence-corrected chi connectivity index (χ0v) is 24.0. The number of thiophene rings is 1. The third-order valence-electron chi connectivity index (χ3n) is 7.54. The van der Waals surface area contributed by atoms with Gasteiger partial charge in [0.15, 0.2) is 0 Å². The molecule has 0 bridgehead atoms. The van der Waals surface area contributed by atoms with Crippen molar-refractivity contribution in [2.75, 3.05) is 33.9 Å². The van der Waals surface area contributed by atoms with Crippen molar-refractivity contribution in [3.8, 4) is 10.8 Å². The summed E-state index contributed by atoms with van der Waals surface area (Å²) in [6, 6.07) is 3.94. The Balaban J connectivity index is 1.80. The van der Waals surface area contributed by atoms with E-state index in [0.29, 0.717) is 46.1 Å². The van der Waals surface area contributed by atoms with Crippen LogP contribution in [0.2, 0.25) is 0 Å². The van der Waals surface area contributed by atoms with E-state index in [9.17, 15) is 23.9 Å². The van der Waals surface area contributed by atoms with Gasteiger partial charge >= 0.3 is 5.69 Å². The lowest BCUT2D eigenvalue weighted by Gasteiger charge is -2.38. The summed E-state index contributed by atoms with van der Waals surface area (Å²) in [4.78, 5) is 45.2. The molecule has 4 heterocycles. The highest BCUT2D eigenvalue weighted by Gasteiger charge is 2.43. The summed E-state index contributed by atoms with van der Waals surface area (Å²) in [5, 5.41) is 18.7. The molecule has 218 valence electrons. The van der Waals surface area contributed by atoms with Crippen LogP contribution in [0.3, 0.4) is 0 Å². The molecular weight excluding hydrogens is 555 g/mol. The van der Waals surface area contributed by atoms with Crippen LogP contribution in [0.5, 0.6) is 5.75 Å². The highest BCUT2D eigenvalue weighted by Crippen LogP contribution is 2.35. The predicted octanol–water partition coefficient (Wildman–Crippen LogP) is 1.98. The van der Waals surface area contributed by atoms with Crippen LogP contribution in [0.1, 0.15) is 37.0 Å². The number of benzene rings is 1.